The number of aryl methyl sites for hydroxylation is 2. The van der Waals surface area contributed by atoms with Crippen LogP contribution in [0.15, 0.2) is 54.1 Å². The van der Waals surface area contributed by atoms with Crippen molar-refractivity contribution in [3.63, 3.8) is 0 Å². The zero-order chi connectivity index (χ0) is 18.3. The molecule has 1 saturated carbocycles. The minimum absolute atomic E-state index is 0.0218. The lowest BCUT2D eigenvalue weighted by Gasteiger charge is -2.31. The van der Waals surface area contributed by atoms with Crippen molar-refractivity contribution < 1.29 is 9.59 Å². The molecule has 2 aliphatic carbocycles. The third-order valence-corrected chi connectivity index (χ3v) is 6.16. The van der Waals surface area contributed by atoms with Gasteiger partial charge in [0.1, 0.15) is 0 Å². The van der Waals surface area contributed by atoms with Gasteiger partial charge in [-0.3, -0.25) is 9.59 Å². The molecule has 0 bridgehead atoms. The number of Topliss-reactive ketones (excluding diaryl/α,β-unsaturated/α-hetero) is 1. The average Bonchev–Trinajstić information content (AvgIpc) is 2.67. The Balaban J connectivity index is 1.51. The van der Waals surface area contributed by atoms with E-state index in [9.17, 15) is 9.59 Å². The van der Waals surface area contributed by atoms with Gasteiger partial charge in [-0.05, 0) is 74.1 Å². The van der Waals surface area contributed by atoms with Crippen molar-refractivity contribution in [3.8, 4) is 0 Å². The maximum absolute atomic E-state index is 12.9. The molecule has 2 heteroatoms. The first kappa shape index (κ1) is 17.0. The van der Waals surface area contributed by atoms with E-state index in [2.05, 4.69) is 32.0 Å². The Bertz CT molecular complexity index is 912. The van der Waals surface area contributed by atoms with Gasteiger partial charge in [-0.1, -0.05) is 42.5 Å². The summed E-state index contributed by atoms with van der Waals surface area (Å²) in [6, 6.07) is 14.0. The van der Waals surface area contributed by atoms with Gasteiger partial charge in [0, 0.05) is 16.7 Å². The number of hydrogen-bond donors (Lipinski definition) is 0. The van der Waals surface area contributed by atoms with Crippen LogP contribution in [-0.4, -0.2) is 11.6 Å². The molecule has 4 rings (SSSR count). The van der Waals surface area contributed by atoms with Crippen LogP contribution in [0.3, 0.4) is 0 Å². The number of hydrogen-bond acceptors (Lipinski definition) is 2. The fourth-order valence-corrected chi connectivity index (χ4v) is 4.40. The summed E-state index contributed by atoms with van der Waals surface area (Å²) in [5, 5.41) is 0. The number of rotatable bonds is 2. The fraction of sp³-hybridized carbons (Fsp3) is 0.333. The zero-order valence-corrected chi connectivity index (χ0v) is 15.4. The quantitative estimate of drug-likeness (QED) is 0.712. The Kier molecular flexibility index (Phi) is 4.36. The molecule has 26 heavy (non-hydrogen) atoms. The smallest absolute Gasteiger partial charge is 0.190 e. The van der Waals surface area contributed by atoms with Crippen LogP contribution in [0.25, 0.3) is 0 Å². The normalized spacial score (nSPS) is 22.8. The number of ketones is 2. The van der Waals surface area contributed by atoms with E-state index in [1.807, 2.05) is 12.1 Å². The molecule has 0 amide bonds. The zero-order valence-electron chi connectivity index (χ0n) is 15.4. The van der Waals surface area contributed by atoms with Gasteiger partial charge in [0.15, 0.2) is 11.6 Å². The Morgan fingerprint density at radius 2 is 1.42 bits per heavy atom. The topological polar surface area (TPSA) is 34.1 Å². The molecule has 0 saturated heterocycles. The number of benzene rings is 2. The molecular weight excluding hydrogens is 320 g/mol. The molecular formula is C24H24O2. The lowest BCUT2D eigenvalue weighted by Crippen LogP contribution is -2.25. The van der Waals surface area contributed by atoms with Gasteiger partial charge in [-0.2, -0.15) is 0 Å². The van der Waals surface area contributed by atoms with Gasteiger partial charge in [-0.15, -0.1) is 0 Å². The molecule has 2 aromatic rings. The van der Waals surface area contributed by atoms with E-state index in [0.29, 0.717) is 17.0 Å². The first-order valence-corrected chi connectivity index (χ1v) is 9.51. The van der Waals surface area contributed by atoms with Crippen molar-refractivity contribution in [2.24, 2.45) is 5.92 Å². The van der Waals surface area contributed by atoms with Gasteiger partial charge in [0.05, 0.1) is 0 Å². The highest BCUT2D eigenvalue weighted by atomic mass is 16.1. The van der Waals surface area contributed by atoms with Gasteiger partial charge in [-0.25, -0.2) is 0 Å². The standard InChI is InChI=1S/C24H24O2/c1-15-7-8-19(13-16(15)2)17-9-11-18(12-10-17)22-14-23(25)20-5-3-4-6-21(20)24(22)26/h3-8,13-14,17-18H,9-12H2,1-2H3. The minimum Gasteiger partial charge on any atom is -0.289 e. The lowest BCUT2D eigenvalue weighted by atomic mass is 9.72. The summed E-state index contributed by atoms with van der Waals surface area (Å²) in [7, 11) is 0. The highest BCUT2D eigenvalue weighted by molar-refractivity contribution is 6.24. The molecule has 0 radical (unpaired) electrons. The van der Waals surface area contributed by atoms with E-state index < -0.39 is 0 Å². The number of fused-ring (bicyclic) bond motifs is 1. The number of carbonyl (C=O) groups is 2. The highest BCUT2D eigenvalue weighted by Crippen LogP contribution is 2.41. The van der Waals surface area contributed by atoms with Crippen molar-refractivity contribution in [1.82, 2.24) is 0 Å². The van der Waals surface area contributed by atoms with Gasteiger partial charge >= 0.3 is 0 Å². The van der Waals surface area contributed by atoms with Crippen molar-refractivity contribution in [1.29, 1.82) is 0 Å². The van der Waals surface area contributed by atoms with Crippen LogP contribution in [0.1, 0.15) is 69.0 Å². The average molecular weight is 344 g/mol. The van der Waals surface area contributed by atoms with Crippen LogP contribution >= 0.6 is 0 Å². The molecule has 0 aliphatic heterocycles. The largest absolute Gasteiger partial charge is 0.289 e. The Morgan fingerprint density at radius 1 is 0.769 bits per heavy atom. The molecule has 0 spiro atoms. The van der Waals surface area contributed by atoms with Crippen LogP contribution in [0.5, 0.6) is 0 Å². The molecule has 2 aromatic carbocycles. The Morgan fingerprint density at radius 3 is 2.12 bits per heavy atom. The second-order valence-electron chi connectivity index (χ2n) is 7.73. The van der Waals surface area contributed by atoms with Crippen LogP contribution in [0.2, 0.25) is 0 Å². The maximum Gasteiger partial charge on any atom is 0.190 e. The van der Waals surface area contributed by atoms with E-state index in [0.717, 1.165) is 31.3 Å². The van der Waals surface area contributed by atoms with E-state index >= 15 is 0 Å². The summed E-state index contributed by atoms with van der Waals surface area (Å²) in [5.74, 6) is 0.803. The molecule has 0 aromatic heterocycles. The monoisotopic (exact) mass is 344 g/mol. The van der Waals surface area contributed by atoms with Crippen LogP contribution in [0.4, 0.5) is 0 Å². The molecule has 132 valence electrons. The van der Waals surface area contributed by atoms with E-state index in [4.69, 9.17) is 0 Å². The summed E-state index contributed by atoms with van der Waals surface area (Å²) in [4.78, 5) is 25.3. The second kappa shape index (κ2) is 6.68. The molecule has 0 atom stereocenters. The Labute approximate surface area is 154 Å². The maximum atomic E-state index is 12.9. The lowest BCUT2D eigenvalue weighted by molar-refractivity contribution is 0.0970. The van der Waals surface area contributed by atoms with E-state index in [1.54, 1.807) is 18.2 Å². The molecule has 2 nitrogen and oxygen atoms in total. The first-order valence-electron chi connectivity index (χ1n) is 9.51. The SMILES string of the molecule is Cc1ccc(C2CCC(C3=CC(=O)c4ccccc4C3=O)CC2)cc1C. The third kappa shape index (κ3) is 2.94. The third-order valence-electron chi connectivity index (χ3n) is 6.16. The van der Waals surface area contributed by atoms with Crippen molar-refractivity contribution in [3.05, 3.63) is 81.9 Å². The summed E-state index contributed by atoms with van der Waals surface area (Å²) in [6.07, 6.45) is 5.71. The molecule has 0 heterocycles. The summed E-state index contributed by atoms with van der Waals surface area (Å²) >= 11 is 0. The summed E-state index contributed by atoms with van der Waals surface area (Å²) < 4.78 is 0. The van der Waals surface area contributed by atoms with E-state index in [-0.39, 0.29) is 17.5 Å². The van der Waals surface area contributed by atoms with Crippen LogP contribution < -0.4 is 0 Å². The number of carbonyl (C=O) groups excluding carboxylic acids is 2. The predicted molar refractivity (Wildman–Crippen MR) is 104 cm³/mol. The predicted octanol–water partition coefficient (Wildman–Crippen LogP) is 5.58. The molecule has 0 unspecified atom stereocenters. The molecule has 2 aliphatic rings. The molecule has 0 N–H and O–H groups in total. The molecule has 1 fully saturated rings. The minimum atomic E-state index is -0.0218. The first-order chi connectivity index (χ1) is 12.5. The van der Waals surface area contributed by atoms with Crippen LogP contribution in [-0.2, 0) is 0 Å². The van der Waals surface area contributed by atoms with E-state index in [1.165, 1.54) is 16.7 Å². The van der Waals surface area contributed by atoms with Crippen molar-refractivity contribution in [2.75, 3.05) is 0 Å². The van der Waals surface area contributed by atoms with Crippen LogP contribution in [0, 0.1) is 19.8 Å². The number of allylic oxidation sites excluding steroid dienone is 2. The fourth-order valence-electron chi connectivity index (χ4n) is 4.40. The highest BCUT2D eigenvalue weighted by Gasteiger charge is 2.32. The van der Waals surface area contributed by atoms with Crippen molar-refractivity contribution in [2.45, 2.75) is 45.4 Å². The summed E-state index contributed by atoms with van der Waals surface area (Å²) in [5.41, 5.74) is 5.94. The van der Waals surface area contributed by atoms with Crippen molar-refractivity contribution >= 4 is 11.6 Å². The summed E-state index contributed by atoms with van der Waals surface area (Å²) in [6.45, 7) is 4.31. The van der Waals surface area contributed by atoms with Gasteiger partial charge in [0.25, 0.3) is 0 Å². The second-order valence-corrected chi connectivity index (χ2v) is 7.73. The Hall–Kier alpha value is -2.48. The van der Waals surface area contributed by atoms with Gasteiger partial charge < -0.3 is 0 Å². The van der Waals surface area contributed by atoms with Gasteiger partial charge in [0.2, 0.25) is 0 Å².